The van der Waals surface area contributed by atoms with E-state index in [1.807, 2.05) is 12.1 Å². The third-order valence-corrected chi connectivity index (χ3v) is 10.7. The number of aliphatic carboxylic acids is 1. The number of ether oxygens (including phenoxy) is 1. The van der Waals surface area contributed by atoms with Crippen LogP contribution in [0.15, 0.2) is 40.5 Å². The van der Waals surface area contributed by atoms with Gasteiger partial charge in [-0.15, -0.1) is 15.6 Å². The number of hydrogen-bond donors (Lipinski definition) is 7. The lowest BCUT2D eigenvalue weighted by atomic mass is 9.74. The number of fused-ring (bicyclic) bond motifs is 1. The summed E-state index contributed by atoms with van der Waals surface area (Å²) in [5.74, 6) is -3.13. The van der Waals surface area contributed by atoms with Crippen molar-refractivity contribution in [2.75, 3.05) is 25.4 Å². The summed E-state index contributed by atoms with van der Waals surface area (Å²) in [5, 5.41) is 26.7. The molecule has 0 radical (unpaired) electrons. The number of aryl methyl sites for hydroxylation is 1. The van der Waals surface area contributed by atoms with Gasteiger partial charge in [0.1, 0.15) is 11.4 Å². The van der Waals surface area contributed by atoms with Crippen LogP contribution < -0.4 is 27.3 Å². The molecule has 296 valence electrons. The number of Topliss-reactive ketones (excluding diaryl/α,β-unsaturated/α-hetero) is 1. The number of ketones is 1. The summed E-state index contributed by atoms with van der Waals surface area (Å²) in [6.45, 7) is 5.74. The molecule has 1 amide bonds. The number of nitrogen functional groups attached to an aromatic ring is 1. The molecule has 0 saturated carbocycles. The second-order valence-electron chi connectivity index (χ2n) is 13.7. The van der Waals surface area contributed by atoms with Crippen LogP contribution >= 0.6 is 11.3 Å². The summed E-state index contributed by atoms with van der Waals surface area (Å²) in [5.41, 5.74) is 16.8. The Labute approximate surface area is 315 Å². The normalized spacial score (nSPS) is 21.9. The zero-order valence-electron chi connectivity index (χ0n) is 29.8. The van der Waals surface area contributed by atoms with E-state index in [4.69, 9.17) is 41.2 Å². The lowest BCUT2D eigenvalue weighted by Gasteiger charge is -2.50. The van der Waals surface area contributed by atoms with E-state index in [2.05, 4.69) is 31.9 Å². The molecule has 0 aliphatic carbocycles. The number of nitrogens with zero attached hydrogens (tertiary/aromatic N) is 3. The molecule has 10 N–H and O–H groups in total. The number of nitrogens with two attached hydrogens (primary N) is 3. The monoisotopic (exact) mass is 795 g/mol. The Bertz CT molecular complexity index is 1900. The van der Waals surface area contributed by atoms with E-state index in [1.165, 1.54) is 26.2 Å². The van der Waals surface area contributed by atoms with E-state index in [0.717, 1.165) is 47.5 Å². The average molecular weight is 796 g/mol. The standard InChI is InChI=1S/C32H43N7O10S2.CH2O2/c1-31(2)22(28(41)39(31)49-51(44,45)46)12-24(40)27(23-16-50-30(35)37-23)38-48-32(3,29(42)43)26-9-6-19-11-18(5-8-25(19)47-26)20-4-7-21(36-15-20)10-17(13-33)14-34;2-1-3/h5,7-8,11,16-17,20,22,26,36H,4,6,9-10,12-15,33-34H2,1-3H3,(H2,35,37)(H,42,43)(H,44,45,46);1H,(H,2,3)/b38-27-;/t20?,22-,26-,32+;/m1./s1. The van der Waals surface area contributed by atoms with Crippen molar-refractivity contribution in [2.24, 2.45) is 28.5 Å². The fourth-order valence-corrected chi connectivity index (χ4v) is 7.39. The van der Waals surface area contributed by atoms with Gasteiger partial charge >= 0.3 is 16.4 Å². The van der Waals surface area contributed by atoms with Crippen LogP contribution in [0, 0.1) is 11.8 Å². The molecular weight excluding hydrogens is 751 g/mol. The fourth-order valence-electron chi connectivity index (χ4n) is 6.39. The number of amides is 1. The van der Waals surface area contributed by atoms with Crippen molar-refractivity contribution in [3.63, 3.8) is 0 Å². The third kappa shape index (κ3) is 9.51. The smallest absolute Gasteiger partial charge is 0.418 e. The number of rotatable bonds is 15. The summed E-state index contributed by atoms with van der Waals surface area (Å²) >= 11 is 1.00. The van der Waals surface area contributed by atoms with Crippen LogP contribution in [-0.2, 0) is 45.1 Å². The molecule has 1 aromatic carbocycles. The molecule has 0 bridgehead atoms. The van der Waals surface area contributed by atoms with Gasteiger partial charge in [-0.1, -0.05) is 23.4 Å². The Kier molecular flexibility index (Phi) is 13.4. The lowest BCUT2D eigenvalue weighted by Crippen LogP contribution is -2.68. The number of hydrogen-bond acceptors (Lipinski definition) is 16. The number of allylic oxidation sites excluding steroid dienone is 2. The number of oxime groups is 1. The molecule has 1 fully saturated rings. The second kappa shape index (κ2) is 17.2. The molecule has 2 aromatic rings. The molecule has 3 aliphatic heterocycles. The summed E-state index contributed by atoms with van der Waals surface area (Å²) in [4.78, 5) is 57.1. The van der Waals surface area contributed by atoms with Crippen LogP contribution in [0.4, 0.5) is 5.13 Å². The van der Waals surface area contributed by atoms with Crippen molar-refractivity contribution in [1.82, 2.24) is 15.4 Å². The number of carbonyl (C=O) groups excluding carboxylic acids is 2. The van der Waals surface area contributed by atoms with Gasteiger partial charge in [-0.3, -0.25) is 18.9 Å². The van der Waals surface area contributed by atoms with Crippen molar-refractivity contribution >= 4 is 56.7 Å². The predicted octanol–water partition coefficient (Wildman–Crippen LogP) is 1.20. The minimum atomic E-state index is -5.00. The Hall–Kier alpha value is -4.67. The number of carboxylic acid groups (broad SMARTS) is 2. The van der Waals surface area contributed by atoms with E-state index in [-0.39, 0.29) is 35.6 Å². The number of thiazole rings is 1. The third-order valence-electron chi connectivity index (χ3n) is 9.73. The minimum absolute atomic E-state index is 0.00829. The van der Waals surface area contributed by atoms with Crippen molar-refractivity contribution in [3.05, 3.63) is 52.2 Å². The maximum atomic E-state index is 13.6. The van der Waals surface area contributed by atoms with Gasteiger partial charge in [0.25, 0.3) is 18.0 Å². The quantitative estimate of drug-likeness (QED) is 0.0438. The van der Waals surface area contributed by atoms with Gasteiger partial charge < -0.3 is 42.3 Å². The van der Waals surface area contributed by atoms with Crippen LogP contribution in [0.5, 0.6) is 5.75 Å². The number of anilines is 1. The maximum Gasteiger partial charge on any atom is 0.418 e. The Balaban J connectivity index is 0.00000209. The second-order valence-corrected chi connectivity index (χ2v) is 15.6. The molecule has 4 atom stereocenters. The molecule has 5 rings (SSSR count). The average Bonchev–Trinajstić information content (AvgIpc) is 3.56. The molecule has 54 heavy (non-hydrogen) atoms. The molecule has 0 spiro atoms. The van der Waals surface area contributed by atoms with Crippen molar-refractivity contribution in [1.29, 1.82) is 0 Å². The maximum absolute atomic E-state index is 13.6. The number of aromatic nitrogens is 1. The number of carboxylic acids is 1. The highest BCUT2D eigenvalue weighted by Crippen LogP contribution is 2.41. The highest BCUT2D eigenvalue weighted by atomic mass is 32.3. The first kappa shape index (κ1) is 42.1. The highest BCUT2D eigenvalue weighted by molar-refractivity contribution is 7.80. The molecule has 1 saturated heterocycles. The van der Waals surface area contributed by atoms with E-state index in [1.54, 1.807) is 0 Å². The highest BCUT2D eigenvalue weighted by Gasteiger charge is 2.58. The zero-order chi connectivity index (χ0) is 40.0. The lowest BCUT2D eigenvalue weighted by molar-refractivity contribution is -0.228. The van der Waals surface area contributed by atoms with Gasteiger partial charge in [-0.2, -0.15) is 13.5 Å². The molecule has 1 unspecified atom stereocenters. The van der Waals surface area contributed by atoms with Crippen LogP contribution in [0.3, 0.4) is 0 Å². The topological polar surface area (TPSA) is 309 Å². The minimum Gasteiger partial charge on any atom is -0.485 e. The molecular formula is C33H45N7O12S2. The summed E-state index contributed by atoms with van der Waals surface area (Å²) in [6, 6.07) is 5.85. The van der Waals surface area contributed by atoms with Gasteiger partial charge in [-0.25, -0.2) is 9.78 Å². The molecule has 21 heteroatoms. The van der Waals surface area contributed by atoms with Gasteiger partial charge in [0.2, 0.25) is 0 Å². The van der Waals surface area contributed by atoms with Crippen LogP contribution in [-0.4, -0.2) is 100.0 Å². The number of hydroxylamine groups is 2. The zero-order valence-corrected chi connectivity index (χ0v) is 31.5. The number of nitrogens with one attached hydrogen (secondary N) is 1. The van der Waals surface area contributed by atoms with Crippen molar-refractivity contribution in [3.8, 4) is 5.75 Å². The van der Waals surface area contributed by atoms with Gasteiger partial charge in [-0.05, 0) is 82.7 Å². The van der Waals surface area contributed by atoms with Crippen LogP contribution in [0.2, 0.25) is 0 Å². The first-order chi connectivity index (χ1) is 25.4. The number of carbonyl (C=O) groups is 4. The van der Waals surface area contributed by atoms with Crippen molar-refractivity contribution < 1.29 is 56.2 Å². The Morgan fingerprint density at radius 3 is 2.52 bits per heavy atom. The summed E-state index contributed by atoms with van der Waals surface area (Å²) in [7, 11) is -5.00. The molecule has 3 aliphatic rings. The van der Waals surface area contributed by atoms with E-state index < -0.39 is 63.4 Å². The summed E-state index contributed by atoms with van der Waals surface area (Å²) in [6.07, 6.45) is 3.11. The fraction of sp³-hybridized carbons (Fsp3) is 0.515. The van der Waals surface area contributed by atoms with E-state index >= 15 is 0 Å². The first-order valence-electron chi connectivity index (χ1n) is 16.8. The molecule has 1 aromatic heterocycles. The Morgan fingerprint density at radius 1 is 1.30 bits per heavy atom. The van der Waals surface area contributed by atoms with Crippen LogP contribution in [0.25, 0.3) is 0 Å². The van der Waals surface area contributed by atoms with E-state index in [9.17, 15) is 27.9 Å². The predicted molar refractivity (Wildman–Crippen MR) is 194 cm³/mol. The SMILES string of the molecule is CC1(C)[C@H](CC(=O)/C(=N\O[C@](C)(C(=O)O)[C@H]2CCc3cc(C4CC=C(CC(CN)CN)NC4)ccc3O2)c2csc(N)n2)C(=O)N1OS(=O)(=O)O.O=CO. The van der Waals surface area contributed by atoms with Gasteiger partial charge in [0, 0.05) is 30.0 Å². The number of β-lactam (4-membered cyclic amide) rings is 1. The first-order valence-corrected chi connectivity index (χ1v) is 19.1. The van der Waals surface area contributed by atoms with E-state index in [0.29, 0.717) is 30.3 Å². The van der Waals surface area contributed by atoms with Gasteiger partial charge in [0.15, 0.2) is 22.7 Å². The number of benzene rings is 1. The van der Waals surface area contributed by atoms with Crippen molar-refractivity contribution in [2.45, 2.75) is 76.0 Å². The Morgan fingerprint density at radius 2 is 1.98 bits per heavy atom. The summed E-state index contributed by atoms with van der Waals surface area (Å²) < 4.78 is 42.0. The largest absolute Gasteiger partial charge is 0.485 e. The van der Waals surface area contributed by atoms with Crippen LogP contribution in [0.1, 0.15) is 69.2 Å². The molecule has 19 nitrogen and oxygen atoms in total. The molecule has 4 heterocycles. The van der Waals surface area contributed by atoms with Gasteiger partial charge in [0.05, 0.1) is 11.5 Å².